The van der Waals surface area contributed by atoms with E-state index in [4.69, 9.17) is 11.6 Å². The van der Waals surface area contributed by atoms with E-state index in [1.807, 2.05) is 18.2 Å². The highest BCUT2D eigenvalue weighted by Gasteiger charge is 2.08. The fraction of sp³-hybridized carbons (Fsp3) is 0.231. The summed E-state index contributed by atoms with van der Waals surface area (Å²) in [5.74, 6) is 0. The van der Waals surface area contributed by atoms with Crippen LogP contribution >= 0.6 is 22.9 Å². The molecule has 0 aliphatic rings. The van der Waals surface area contributed by atoms with Gasteiger partial charge in [-0.2, -0.15) is 0 Å². The van der Waals surface area contributed by atoms with E-state index in [2.05, 4.69) is 35.8 Å². The lowest BCUT2D eigenvalue weighted by molar-refractivity contribution is 0.579. The lowest BCUT2D eigenvalue weighted by Gasteiger charge is -2.14. The van der Waals surface area contributed by atoms with Gasteiger partial charge in [0.05, 0.1) is 0 Å². The van der Waals surface area contributed by atoms with Crippen LogP contribution in [0.25, 0.3) is 0 Å². The van der Waals surface area contributed by atoms with Crippen molar-refractivity contribution >= 4 is 22.9 Å². The van der Waals surface area contributed by atoms with Crippen molar-refractivity contribution in [3.05, 3.63) is 57.2 Å². The van der Waals surface area contributed by atoms with E-state index >= 15 is 0 Å². The van der Waals surface area contributed by atoms with Crippen molar-refractivity contribution < 1.29 is 0 Å². The molecule has 1 unspecified atom stereocenters. The lowest BCUT2D eigenvalue weighted by Crippen LogP contribution is -2.17. The first-order valence-corrected chi connectivity index (χ1v) is 6.53. The number of hydrogen-bond acceptors (Lipinski definition) is 2. The third-order valence-corrected chi connectivity index (χ3v) is 3.75. The van der Waals surface area contributed by atoms with Crippen LogP contribution in [0.3, 0.4) is 0 Å². The maximum Gasteiger partial charge on any atom is 0.0453 e. The zero-order valence-corrected chi connectivity index (χ0v) is 10.7. The highest BCUT2D eigenvalue weighted by atomic mass is 35.5. The van der Waals surface area contributed by atoms with Gasteiger partial charge in [-0.05, 0) is 30.0 Å². The van der Waals surface area contributed by atoms with Crippen molar-refractivity contribution in [1.82, 2.24) is 5.32 Å². The quantitative estimate of drug-likeness (QED) is 0.857. The molecule has 0 aliphatic carbocycles. The molecule has 2 rings (SSSR count). The molecule has 0 bridgehead atoms. The first-order chi connectivity index (χ1) is 7.77. The van der Waals surface area contributed by atoms with Gasteiger partial charge in [0.15, 0.2) is 0 Å². The second-order valence-corrected chi connectivity index (χ2v) is 5.14. The van der Waals surface area contributed by atoms with Crippen LogP contribution in [0.4, 0.5) is 0 Å². The first kappa shape index (κ1) is 11.6. The standard InChI is InChI=1S/C13H14ClNS/c1-10(12-6-2-3-7-13(12)14)15-9-11-5-4-8-16-11/h2-8,10,15H,9H2,1H3. The predicted octanol–water partition coefficient (Wildman–Crippen LogP) is 4.25. The molecular formula is C13H14ClNS. The molecule has 1 aromatic carbocycles. The van der Waals surface area contributed by atoms with Crippen molar-refractivity contribution in [1.29, 1.82) is 0 Å². The third kappa shape index (κ3) is 2.85. The normalized spacial score (nSPS) is 12.6. The monoisotopic (exact) mass is 251 g/mol. The maximum atomic E-state index is 6.14. The summed E-state index contributed by atoms with van der Waals surface area (Å²) >= 11 is 7.91. The Labute approximate surface area is 105 Å². The van der Waals surface area contributed by atoms with E-state index in [1.165, 1.54) is 4.88 Å². The predicted molar refractivity (Wildman–Crippen MR) is 71.0 cm³/mol. The molecule has 84 valence electrons. The van der Waals surface area contributed by atoms with Gasteiger partial charge in [0.25, 0.3) is 0 Å². The Morgan fingerprint density at radius 2 is 2.06 bits per heavy atom. The molecule has 2 aromatic rings. The molecule has 0 saturated heterocycles. The summed E-state index contributed by atoms with van der Waals surface area (Å²) in [5.41, 5.74) is 1.15. The summed E-state index contributed by atoms with van der Waals surface area (Å²) in [5, 5.41) is 6.39. The Bertz CT molecular complexity index is 439. The molecule has 0 saturated carbocycles. The zero-order valence-electron chi connectivity index (χ0n) is 9.11. The number of nitrogens with one attached hydrogen (secondary N) is 1. The first-order valence-electron chi connectivity index (χ1n) is 5.27. The van der Waals surface area contributed by atoms with Crippen LogP contribution in [0, 0.1) is 0 Å². The van der Waals surface area contributed by atoms with Crippen molar-refractivity contribution in [3.8, 4) is 0 Å². The van der Waals surface area contributed by atoms with Crippen LogP contribution in [0.15, 0.2) is 41.8 Å². The van der Waals surface area contributed by atoms with Gasteiger partial charge in [-0.25, -0.2) is 0 Å². The van der Waals surface area contributed by atoms with E-state index in [-0.39, 0.29) is 6.04 Å². The van der Waals surface area contributed by atoms with Gasteiger partial charge in [0.2, 0.25) is 0 Å². The van der Waals surface area contributed by atoms with E-state index < -0.39 is 0 Å². The number of benzene rings is 1. The Balaban J connectivity index is 1.98. The molecule has 0 fully saturated rings. The molecule has 1 nitrogen and oxygen atoms in total. The molecule has 0 aliphatic heterocycles. The Morgan fingerprint density at radius 1 is 1.25 bits per heavy atom. The minimum Gasteiger partial charge on any atom is -0.305 e. The van der Waals surface area contributed by atoms with Gasteiger partial charge in [-0.1, -0.05) is 35.9 Å². The molecule has 1 N–H and O–H groups in total. The van der Waals surface area contributed by atoms with Crippen LogP contribution in [0.2, 0.25) is 5.02 Å². The van der Waals surface area contributed by atoms with E-state index in [0.717, 1.165) is 17.1 Å². The SMILES string of the molecule is CC(NCc1cccs1)c1ccccc1Cl. The second kappa shape index (κ2) is 5.48. The smallest absolute Gasteiger partial charge is 0.0453 e. The van der Waals surface area contributed by atoms with Crippen LogP contribution in [0.1, 0.15) is 23.4 Å². The molecule has 3 heteroatoms. The highest BCUT2D eigenvalue weighted by molar-refractivity contribution is 7.09. The molecule has 1 heterocycles. The van der Waals surface area contributed by atoms with Crippen molar-refractivity contribution in [2.75, 3.05) is 0 Å². The van der Waals surface area contributed by atoms with Gasteiger partial charge in [-0.3, -0.25) is 0 Å². The highest BCUT2D eigenvalue weighted by Crippen LogP contribution is 2.22. The van der Waals surface area contributed by atoms with Gasteiger partial charge >= 0.3 is 0 Å². The average Bonchev–Trinajstić information content (AvgIpc) is 2.79. The summed E-state index contributed by atoms with van der Waals surface area (Å²) in [6, 6.07) is 12.5. The molecule has 0 amide bonds. The number of thiophene rings is 1. The van der Waals surface area contributed by atoms with Gasteiger partial charge in [0.1, 0.15) is 0 Å². The summed E-state index contributed by atoms with van der Waals surface area (Å²) < 4.78 is 0. The number of halogens is 1. The van der Waals surface area contributed by atoms with E-state index in [1.54, 1.807) is 11.3 Å². The van der Waals surface area contributed by atoms with Gasteiger partial charge in [0, 0.05) is 22.5 Å². The molecule has 0 spiro atoms. The van der Waals surface area contributed by atoms with Crippen LogP contribution in [0.5, 0.6) is 0 Å². The molecule has 0 radical (unpaired) electrons. The minimum absolute atomic E-state index is 0.274. The lowest BCUT2D eigenvalue weighted by atomic mass is 10.1. The Hall–Kier alpha value is -0.830. The zero-order chi connectivity index (χ0) is 11.4. The molecule has 16 heavy (non-hydrogen) atoms. The van der Waals surface area contributed by atoms with Crippen LogP contribution in [-0.4, -0.2) is 0 Å². The van der Waals surface area contributed by atoms with E-state index in [9.17, 15) is 0 Å². The number of hydrogen-bond donors (Lipinski definition) is 1. The van der Waals surface area contributed by atoms with Crippen molar-refractivity contribution in [3.63, 3.8) is 0 Å². The van der Waals surface area contributed by atoms with Gasteiger partial charge in [-0.15, -0.1) is 11.3 Å². The molecule has 1 atom stereocenters. The maximum absolute atomic E-state index is 6.14. The largest absolute Gasteiger partial charge is 0.305 e. The Kier molecular flexibility index (Phi) is 3.99. The molecule has 1 aromatic heterocycles. The van der Waals surface area contributed by atoms with Crippen LogP contribution < -0.4 is 5.32 Å². The van der Waals surface area contributed by atoms with Crippen molar-refractivity contribution in [2.45, 2.75) is 19.5 Å². The summed E-state index contributed by atoms with van der Waals surface area (Å²) in [6.07, 6.45) is 0. The fourth-order valence-electron chi connectivity index (χ4n) is 1.60. The second-order valence-electron chi connectivity index (χ2n) is 3.70. The van der Waals surface area contributed by atoms with Crippen molar-refractivity contribution in [2.24, 2.45) is 0 Å². The van der Waals surface area contributed by atoms with Crippen LogP contribution in [-0.2, 0) is 6.54 Å². The van der Waals surface area contributed by atoms with Gasteiger partial charge < -0.3 is 5.32 Å². The Morgan fingerprint density at radius 3 is 2.75 bits per heavy atom. The topological polar surface area (TPSA) is 12.0 Å². The summed E-state index contributed by atoms with van der Waals surface area (Å²) in [6.45, 7) is 3.03. The fourth-order valence-corrected chi connectivity index (χ4v) is 2.56. The van der Waals surface area contributed by atoms with E-state index in [0.29, 0.717) is 0 Å². The molecular weight excluding hydrogens is 238 g/mol. The third-order valence-electron chi connectivity index (χ3n) is 2.53. The summed E-state index contributed by atoms with van der Waals surface area (Å²) in [4.78, 5) is 1.35. The average molecular weight is 252 g/mol. The summed E-state index contributed by atoms with van der Waals surface area (Å²) in [7, 11) is 0. The minimum atomic E-state index is 0.274. The number of rotatable bonds is 4.